The Kier molecular flexibility index (Phi) is 5.77. The van der Waals surface area contributed by atoms with Crippen LogP contribution in [0.3, 0.4) is 0 Å². The van der Waals surface area contributed by atoms with E-state index in [4.69, 9.17) is 4.42 Å². The summed E-state index contributed by atoms with van der Waals surface area (Å²) in [6.45, 7) is -0.155. The van der Waals surface area contributed by atoms with E-state index in [2.05, 4.69) is 9.98 Å². The maximum Gasteiger partial charge on any atom is 0.443 e. The minimum atomic E-state index is -5.82. The van der Waals surface area contributed by atoms with Crippen molar-refractivity contribution in [1.82, 2.24) is 4.90 Å². The van der Waals surface area contributed by atoms with Crippen molar-refractivity contribution in [1.29, 1.82) is 0 Å². The number of hydrogen-bond donors (Lipinski definition) is 0. The third-order valence-corrected chi connectivity index (χ3v) is 5.05. The van der Waals surface area contributed by atoms with E-state index in [1.807, 2.05) is 0 Å². The first-order chi connectivity index (χ1) is 15.6. The van der Waals surface area contributed by atoms with Gasteiger partial charge in [0.05, 0.1) is 12.8 Å². The van der Waals surface area contributed by atoms with E-state index < -0.39 is 29.7 Å². The van der Waals surface area contributed by atoms with E-state index in [0.717, 1.165) is 0 Å². The summed E-state index contributed by atoms with van der Waals surface area (Å²) in [6, 6.07) is 18.7. The fraction of sp³-hybridized carbons (Fsp3) is 0.217. The fourth-order valence-corrected chi connectivity index (χ4v) is 3.47. The van der Waals surface area contributed by atoms with Gasteiger partial charge in [-0.05, 0) is 17.7 Å². The number of furan rings is 1. The molecule has 0 radical (unpaired) electrons. The summed E-state index contributed by atoms with van der Waals surface area (Å²) in [4.78, 5) is 7.73. The molecule has 0 bridgehead atoms. The molecule has 2 heterocycles. The lowest BCUT2D eigenvalue weighted by atomic mass is 10.0. The van der Waals surface area contributed by atoms with Gasteiger partial charge in [0.15, 0.2) is 0 Å². The van der Waals surface area contributed by atoms with Gasteiger partial charge in [-0.1, -0.05) is 60.7 Å². The van der Waals surface area contributed by atoms with Crippen LogP contribution in [0.1, 0.15) is 16.9 Å². The molecule has 0 unspecified atom stereocenters. The SMILES string of the molecule is FC(F)(F)C1(C(F)(F)F)N=C(Cc2ccccc2)N(Cc2ccco2)C(c2ccccc2)=N1. The van der Waals surface area contributed by atoms with E-state index in [9.17, 15) is 26.3 Å². The van der Waals surface area contributed by atoms with E-state index in [1.54, 1.807) is 48.5 Å². The first kappa shape index (κ1) is 22.6. The number of nitrogens with zero attached hydrogens (tertiary/aromatic N) is 3. The predicted octanol–water partition coefficient (Wildman–Crippen LogP) is 6.00. The molecular formula is C23H17F6N3O. The van der Waals surface area contributed by atoms with Crippen molar-refractivity contribution in [2.45, 2.75) is 31.0 Å². The maximum atomic E-state index is 14.0. The van der Waals surface area contributed by atoms with E-state index >= 15 is 0 Å². The first-order valence-electron chi connectivity index (χ1n) is 9.82. The van der Waals surface area contributed by atoms with Crippen LogP contribution < -0.4 is 0 Å². The van der Waals surface area contributed by atoms with Gasteiger partial charge < -0.3 is 9.32 Å². The van der Waals surface area contributed by atoms with Gasteiger partial charge in [0.1, 0.15) is 17.4 Å². The molecule has 0 fully saturated rings. The molecule has 3 aromatic rings. The molecule has 1 aliphatic rings. The van der Waals surface area contributed by atoms with Crippen LogP contribution in [0, 0.1) is 0 Å². The molecule has 0 saturated carbocycles. The number of amidine groups is 2. The monoisotopic (exact) mass is 465 g/mol. The molecule has 4 rings (SSSR count). The summed E-state index contributed by atoms with van der Waals surface area (Å²) in [5.74, 6) is -0.602. The molecule has 1 aromatic heterocycles. The third-order valence-electron chi connectivity index (χ3n) is 5.05. The highest BCUT2D eigenvalue weighted by Gasteiger charge is 2.73. The molecule has 0 N–H and O–H groups in total. The van der Waals surface area contributed by atoms with E-state index in [0.29, 0.717) is 11.3 Å². The minimum Gasteiger partial charge on any atom is -0.467 e. The molecule has 0 aliphatic carbocycles. The van der Waals surface area contributed by atoms with Crippen molar-refractivity contribution < 1.29 is 30.8 Å². The molecule has 33 heavy (non-hydrogen) atoms. The first-order valence-corrected chi connectivity index (χ1v) is 9.82. The largest absolute Gasteiger partial charge is 0.467 e. The molecule has 0 amide bonds. The van der Waals surface area contributed by atoms with Crippen LogP contribution in [0.25, 0.3) is 0 Å². The Labute approximate surface area is 184 Å². The molecule has 1 aliphatic heterocycles. The average molecular weight is 465 g/mol. The van der Waals surface area contributed by atoms with Gasteiger partial charge in [0, 0.05) is 12.0 Å². The van der Waals surface area contributed by atoms with Crippen LogP contribution in [0.4, 0.5) is 26.3 Å². The summed E-state index contributed by atoms with van der Waals surface area (Å²) in [5.41, 5.74) is -4.05. The Morgan fingerprint density at radius 2 is 1.36 bits per heavy atom. The molecule has 0 saturated heterocycles. The Balaban J connectivity index is 1.95. The number of rotatable bonds is 5. The lowest BCUT2D eigenvalue weighted by Crippen LogP contribution is -2.59. The van der Waals surface area contributed by atoms with Crippen molar-refractivity contribution in [3.8, 4) is 0 Å². The van der Waals surface area contributed by atoms with Gasteiger partial charge in [0.2, 0.25) is 0 Å². The molecular weight excluding hydrogens is 448 g/mol. The highest BCUT2D eigenvalue weighted by atomic mass is 19.4. The Hall–Kier alpha value is -3.56. The van der Waals surface area contributed by atoms with Crippen LogP contribution in [0.2, 0.25) is 0 Å². The molecule has 2 aromatic carbocycles. The van der Waals surface area contributed by atoms with Gasteiger partial charge in [0.25, 0.3) is 0 Å². The summed E-state index contributed by atoms with van der Waals surface area (Å²) in [6.07, 6.45) is -10.5. The Morgan fingerprint density at radius 3 is 1.91 bits per heavy atom. The van der Waals surface area contributed by atoms with E-state index in [1.165, 1.54) is 35.4 Å². The van der Waals surface area contributed by atoms with Crippen molar-refractivity contribution in [3.05, 3.63) is 95.9 Å². The van der Waals surface area contributed by atoms with Gasteiger partial charge in [-0.3, -0.25) is 0 Å². The van der Waals surface area contributed by atoms with Crippen LogP contribution in [-0.2, 0) is 13.0 Å². The average Bonchev–Trinajstić information content (AvgIpc) is 3.28. The number of alkyl halides is 6. The zero-order valence-corrected chi connectivity index (χ0v) is 16.9. The summed E-state index contributed by atoms with van der Waals surface area (Å²) in [5, 5.41) is 0. The Bertz CT molecular complexity index is 1120. The second kappa shape index (κ2) is 8.42. The lowest BCUT2D eigenvalue weighted by Gasteiger charge is -2.39. The maximum absolute atomic E-state index is 14.0. The van der Waals surface area contributed by atoms with Crippen LogP contribution in [-0.4, -0.2) is 34.6 Å². The van der Waals surface area contributed by atoms with Gasteiger partial charge in [-0.2, -0.15) is 26.3 Å². The van der Waals surface area contributed by atoms with Crippen molar-refractivity contribution >= 4 is 11.7 Å². The zero-order chi connectivity index (χ0) is 23.7. The fourth-order valence-electron chi connectivity index (χ4n) is 3.47. The summed E-state index contributed by atoms with van der Waals surface area (Å²) >= 11 is 0. The number of benzene rings is 2. The molecule has 0 atom stereocenters. The summed E-state index contributed by atoms with van der Waals surface area (Å²) < 4.78 is 89.5. The number of hydrogen-bond acceptors (Lipinski definition) is 4. The van der Waals surface area contributed by atoms with E-state index in [-0.39, 0.29) is 18.5 Å². The highest BCUT2D eigenvalue weighted by Crippen LogP contribution is 2.49. The normalized spacial score (nSPS) is 16.4. The van der Waals surface area contributed by atoms with Gasteiger partial charge in [-0.25, -0.2) is 9.98 Å². The smallest absolute Gasteiger partial charge is 0.443 e. The quantitative estimate of drug-likeness (QED) is 0.434. The third kappa shape index (κ3) is 4.37. The lowest BCUT2D eigenvalue weighted by molar-refractivity contribution is -0.293. The van der Waals surface area contributed by atoms with Gasteiger partial charge in [-0.15, -0.1) is 0 Å². The van der Waals surface area contributed by atoms with Crippen LogP contribution in [0.5, 0.6) is 0 Å². The van der Waals surface area contributed by atoms with Crippen LogP contribution in [0.15, 0.2) is 93.5 Å². The summed E-state index contributed by atoms with van der Waals surface area (Å²) in [7, 11) is 0. The topological polar surface area (TPSA) is 41.1 Å². The Morgan fingerprint density at radius 1 is 0.758 bits per heavy atom. The second-order valence-electron chi connectivity index (χ2n) is 7.33. The van der Waals surface area contributed by atoms with Crippen molar-refractivity contribution in [2.75, 3.05) is 0 Å². The predicted molar refractivity (Wildman–Crippen MR) is 110 cm³/mol. The van der Waals surface area contributed by atoms with Crippen LogP contribution >= 0.6 is 0 Å². The molecule has 0 spiro atoms. The highest BCUT2D eigenvalue weighted by molar-refractivity contribution is 6.11. The molecule has 172 valence electrons. The zero-order valence-electron chi connectivity index (χ0n) is 16.9. The van der Waals surface area contributed by atoms with Crippen molar-refractivity contribution in [2.24, 2.45) is 9.98 Å². The number of halogens is 6. The second-order valence-corrected chi connectivity index (χ2v) is 7.33. The molecule has 10 heteroatoms. The van der Waals surface area contributed by atoms with Crippen molar-refractivity contribution in [3.63, 3.8) is 0 Å². The number of aliphatic imine (C=N–C) groups is 2. The standard InChI is InChI=1S/C23H17F6N3O/c24-22(25,26)21(23(27,28)29)30-19(14-16-8-3-1-4-9-16)32(15-18-12-7-13-33-18)20(31-21)17-10-5-2-6-11-17/h1-13H,14-15H2. The van der Waals surface area contributed by atoms with Gasteiger partial charge >= 0.3 is 18.0 Å². The minimum absolute atomic E-state index is 0.0855. The molecule has 4 nitrogen and oxygen atoms in total.